The highest BCUT2D eigenvalue weighted by Crippen LogP contribution is 2.13. The van der Waals surface area contributed by atoms with Gasteiger partial charge in [-0.15, -0.1) is 0 Å². The number of sulfone groups is 1. The van der Waals surface area contributed by atoms with Crippen LogP contribution in [0.5, 0.6) is 0 Å². The van der Waals surface area contributed by atoms with Crippen LogP contribution in [0.3, 0.4) is 0 Å². The molecule has 0 aliphatic heterocycles. The maximum absolute atomic E-state index is 11.5. The number of rotatable bonds is 2. The van der Waals surface area contributed by atoms with Crippen molar-refractivity contribution in [1.82, 2.24) is 4.98 Å². The van der Waals surface area contributed by atoms with E-state index in [4.69, 9.17) is 0 Å². The van der Waals surface area contributed by atoms with Crippen LogP contribution in [0.2, 0.25) is 0 Å². The fourth-order valence-corrected chi connectivity index (χ4v) is 1.25. The third-order valence-electron chi connectivity index (χ3n) is 2.65. The summed E-state index contributed by atoms with van der Waals surface area (Å²) < 4.78 is 21.9. The zero-order valence-corrected chi connectivity index (χ0v) is 11.4. The van der Waals surface area contributed by atoms with Gasteiger partial charge in [0.2, 0.25) is 0 Å². The summed E-state index contributed by atoms with van der Waals surface area (Å²) in [5, 5.41) is 0. The Morgan fingerprint density at radius 1 is 1.35 bits per heavy atom. The van der Waals surface area contributed by atoms with Crippen molar-refractivity contribution in [2.45, 2.75) is 31.9 Å². The van der Waals surface area contributed by atoms with E-state index in [1.165, 1.54) is 6.26 Å². The van der Waals surface area contributed by atoms with E-state index in [-0.39, 0.29) is 0 Å². The number of aromatic nitrogens is 1. The van der Waals surface area contributed by atoms with Crippen LogP contribution in [0.25, 0.3) is 0 Å². The van der Waals surface area contributed by atoms with Gasteiger partial charge in [0.25, 0.3) is 0 Å². The quantitative estimate of drug-likeness (QED) is 0.753. The van der Waals surface area contributed by atoms with E-state index in [9.17, 15) is 8.42 Å². The molecule has 92 valence electrons. The second-order valence-electron chi connectivity index (χ2n) is 4.44. The molecule has 1 aromatic rings. The predicted octanol–water partition coefficient (Wildman–Crippen LogP) is 1.82. The Hall–Kier alpha value is -1.34. The molecule has 3 nitrogen and oxygen atoms in total. The smallest absolute Gasteiger partial charge is 0.163 e. The molecule has 1 heterocycles. The zero-order chi connectivity index (χ0) is 13.1. The van der Waals surface area contributed by atoms with Gasteiger partial charge in [-0.1, -0.05) is 18.9 Å². The minimum Gasteiger partial charge on any atom is -0.248 e. The summed E-state index contributed by atoms with van der Waals surface area (Å²) in [6, 6.07) is 3.76. The number of nitrogens with zero attached hydrogens (tertiary/aromatic N) is 1. The highest BCUT2D eigenvalue weighted by molar-refractivity contribution is 7.92. The Kier molecular flexibility index (Phi) is 3.94. The van der Waals surface area contributed by atoms with Crippen molar-refractivity contribution in [3.05, 3.63) is 29.6 Å². The first kappa shape index (κ1) is 13.7. The Bertz CT molecular complexity index is 545. The lowest BCUT2D eigenvalue weighted by Gasteiger charge is -2.13. The summed E-state index contributed by atoms with van der Waals surface area (Å²) in [5.74, 6) is 5.55. The fourth-order valence-electron chi connectivity index (χ4n) is 1.01. The molecule has 0 radical (unpaired) electrons. The number of hydrogen-bond acceptors (Lipinski definition) is 3. The van der Waals surface area contributed by atoms with E-state index >= 15 is 0 Å². The van der Waals surface area contributed by atoms with Gasteiger partial charge in [0, 0.05) is 12.5 Å². The summed E-state index contributed by atoms with van der Waals surface area (Å²) in [6.07, 6.45) is 3.88. The maximum atomic E-state index is 11.5. The Balaban J connectivity index is 2.99. The molecule has 0 aliphatic rings. The molecule has 17 heavy (non-hydrogen) atoms. The number of pyridine rings is 1. The van der Waals surface area contributed by atoms with Gasteiger partial charge in [0.05, 0.1) is 0 Å². The monoisotopic (exact) mass is 251 g/mol. The first-order valence-corrected chi connectivity index (χ1v) is 7.33. The van der Waals surface area contributed by atoms with Crippen LogP contribution in [0.15, 0.2) is 18.3 Å². The third kappa shape index (κ3) is 3.57. The average Bonchev–Trinajstić information content (AvgIpc) is 2.25. The fraction of sp³-hybridized carbons (Fsp3) is 0.462. The second-order valence-corrected chi connectivity index (χ2v) is 7.00. The topological polar surface area (TPSA) is 47.0 Å². The predicted molar refractivity (Wildman–Crippen MR) is 69.4 cm³/mol. The average molecular weight is 251 g/mol. The first-order chi connectivity index (χ1) is 7.76. The molecule has 0 saturated carbocycles. The third-order valence-corrected chi connectivity index (χ3v) is 4.61. The normalized spacial score (nSPS) is 11.8. The van der Waals surface area contributed by atoms with Crippen LogP contribution in [0, 0.1) is 11.8 Å². The lowest BCUT2D eigenvalue weighted by Crippen LogP contribution is -2.28. The molecule has 0 N–H and O–H groups in total. The molecule has 1 aromatic heterocycles. The summed E-state index contributed by atoms with van der Waals surface area (Å²) in [5.41, 5.74) is 1.73. The molecule has 0 aromatic carbocycles. The molecular weight excluding hydrogens is 234 g/mol. The molecule has 1 rings (SSSR count). The standard InChI is InChI=1S/C13H17NO2S/c1-5-11-6-7-12(14-10-11)8-9-13(2,3)17(4,15)16/h6-7,10H,5H2,1-4H3. The van der Waals surface area contributed by atoms with Crippen LogP contribution >= 0.6 is 0 Å². The van der Waals surface area contributed by atoms with E-state index in [0.717, 1.165) is 12.0 Å². The van der Waals surface area contributed by atoms with Gasteiger partial charge >= 0.3 is 0 Å². The van der Waals surface area contributed by atoms with Crippen molar-refractivity contribution in [3.8, 4) is 11.8 Å². The molecule has 4 heteroatoms. The molecule has 0 aliphatic carbocycles. The van der Waals surface area contributed by atoms with Gasteiger partial charge in [-0.3, -0.25) is 0 Å². The largest absolute Gasteiger partial charge is 0.248 e. The van der Waals surface area contributed by atoms with E-state index in [2.05, 4.69) is 23.7 Å². The molecular formula is C13H17NO2S. The Labute approximate surface area is 103 Å². The molecule has 0 spiro atoms. The molecule has 0 atom stereocenters. The second kappa shape index (κ2) is 4.89. The van der Waals surface area contributed by atoms with Crippen LogP contribution in [0.4, 0.5) is 0 Å². The molecule has 0 bridgehead atoms. The molecule has 0 fully saturated rings. The summed E-state index contributed by atoms with van der Waals surface area (Å²) in [4.78, 5) is 4.17. The highest BCUT2D eigenvalue weighted by Gasteiger charge is 2.27. The zero-order valence-electron chi connectivity index (χ0n) is 10.6. The van der Waals surface area contributed by atoms with Crippen molar-refractivity contribution in [3.63, 3.8) is 0 Å². The highest BCUT2D eigenvalue weighted by atomic mass is 32.2. The van der Waals surface area contributed by atoms with Crippen LogP contribution in [0.1, 0.15) is 32.0 Å². The van der Waals surface area contributed by atoms with Gasteiger partial charge in [0.15, 0.2) is 9.84 Å². The Morgan fingerprint density at radius 2 is 2.00 bits per heavy atom. The van der Waals surface area contributed by atoms with Gasteiger partial charge < -0.3 is 0 Å². The number of hydrogen-bond donors (Lipinski definition) is 0. The van der Waals surface area contributed by atoms with E-state index < -0.39 is 14.6 Å². The van der Waals surface area contributed by atoms with Crippen molar-refractivity contribution in [2.24, 2.45) is 0 Å². The molecule has 0 unspecified atom stereocenters. The van der Waals surface area contributed by atoms with Crippen LogP contribution < -0.4 is 0 Å². The first-order valence-electron chi connectivity index (χ1n) is 5.44. The molecule has 0 saturated heterocycles. The maximum Gasteiger partial charge on any atom is 0.163 e. The van der Waals surface area contributed by atoms with Gasteiger partial charge in [-0.05, 0) is 37.8 Å². The summed E-state index contributed by atoms with van der Waals surface area (Å²) in [6.45, 7) is 5.24. The van der Waals surface area contributed by atoms with Crippen molar-refractivity contribution >= 4 is 9.84 Å². The minimum atomic E-state index is -3.19. The van der Waals surface area contributed by atoms with Gasteiger partial charge in [0.1, 0.15) is 10.4 Å². The van der Waals surface area contributed by atoms with E-state index in [1.54, 1.807) is 20.0 Å². The van der Waals surface area contributed by atoms with E-state index in [0.29, 0.717) is 5.69 Å². The lowest BCUT2D eigenvalue weighted by atomic mass is 10.2. The van der Waals surface area contributed by atoms with Gasteiger partial charge in [-0.25, -0.2) is 13.4 Å². The van der Waals surface area contributed by atoms with Crippen LogP contribution in [-0.2, 0) is 16.3 Å². The van der Waals surface area contributed by atoms with Crippen LogP contribution in [-0.4, -0.2) is 24.4 Å². The number of aryl methyl sites for hydroxylation is 1. The Morgan fingerprint density at radius 3 is 2.41 bits per heavy atom. The van der Waals surface area contributed by atoms with Crippen molar-refractivity contribution in [2.75, 3.05) is 6.26 Å². The van der Waals surface area contributed by atoms with Crippen molar-refractivity contribution in [1.29, 1.82) is 0 Å². The lowest BCUT2D eigenvalue weighted by molar-refractivity contribution is 0.581. The summed E-state index contributed by atoms with van der Waals surface area (Å²) >= 11 is 0. The SMILES string of the molecule is CCc1ccc(C#CC(C)(C)S(C)(=O)=O)nc1. The van der Waals surface area contributed by atoms with Gasteiger partial charge in [-0.2, -0.15) is 0 Å². The minimum absolute atomic E-state index is 0.596. The summed E-state index contributed by atoms with van der Waals surface area (Å²) in [7, 11) is -3.19. The molecule has 0 amide bonds. The van der Waals surface area contributed by atoms with Crippen molar-refractivity contribution < 1.29 is 8.42 Å². The van der Waals surface area contributed by atoms with E-state index in [1.807, 2.05) is 12.1 Å².